The van der Waals surface area contributed by atoms with E-state index in [9.17, 15) is 14.4 Å². The summed E-state index contributed by atoms with van der Waals surface area (Å²) in [5.74, 6) is -0.595. The molecule has 0 unspecified atom stereocenters. The van der Waals surface area contributed by atoms with E-state index >= 15 is 0 Å². The van der Waals surface area contributed by atoms with Crippen molar-refractivity contribution in [1.29, 1.82) is 0 Å². The number of fused-ring (bicyclic) bond motifs is 3. The summed E-state index contributed by atoms with van der Waals surface area (Å²) in [6, 6.07) is 6.29. The zero-order valence-corrected chi connectivity index (χ0v) is 19.3. The molecule has 164 valence electrons. The normalized spacial score (nSPS) is 22.6. The van der Waals surface area contributed by atoms with Gasteiger partial charge in [0.15, 0.2) is 0 Å². The minimum absolute atomic E-state index is 0.0560. The number of benzene rings is 1. The van der Waals surface area contributed by atoms with E-state index < -0.39 is 16.8 Å². The van der Waals surface area contributed by atoms with E-state index in [1.54, 1.807) is 16.7 Å². The lowest BCUT2D eigenvalue weighted by Crippen LogP contribution is -2.58. The van der Waals surface area contributed by atoms with E-state index in [0.29, 0.717) is 12.1 Å². The highest BCUT2D eigenvalue weighted by Crippen LogP contribution is 2.56. The predicted octanol–water partition coefficient (Wildman–Crippen LogP) is 3.48. The van der Waals surface area contributed by atoms with Crippen molar-refractivity contribution in [2.45, 2.75) is 76.1 Å². The average molecular weight is 432 g/mol. The fourth-order valence-corrected chi connectivity index (χ4v) is 5.86. The van der Waals surface area contributed by atoms with E-state index in [2.05, 4.69) is 17.6 Å². The van der Waals surface area contributed by atoms with Crippen LogP contribution in [0.25, 0.3) is 0 Å². The first-order valence-corrected chi connectivity index (χ1v) is 11.7. The number of carbonyl (C=O) groups excluding carboxylic acids is 3. The minimum atomic E-state index is -0.637. The Kier molecular flexibility index (Phi) is 6.80. The third kappa shape index (κ3) is 4.22. The summed E-state index contributed by atoms with van der Waals surface area (Å²) in [6.07, 6.45) is 3.07. The number of hydrogen-bond donors (Lipinski definition) is 2. The predicted molar refractivity (Wildman–Crippen MR) is 120 cm³/mol. The van der Waals surface area contributed by atoms with Crippen LogP contribution in [0.4, 0.5) is 0 Å². The topological polar surface area (TPSA) is 78.5 Å². The molecule has 0 aliphatic carbocycles. The molecule has 1 aromatic rings. The third-order valence-corrected chi connectivity index (χ3v) is 7.41. The summed E-state index contributed by atoms with van der Waals surface area (Å²) in [6.45, 7) is 10.6. The minimum Gasteiger partial charge on any atom is -0.354 e. The number of nitrogens with zero attached hydrogens (tertiary/aromatic N) is 1. The summed E-state index contributed by atoms with van der Waals surface area (Å²) in [5.41, 5.74) is 1.63. The fourth-order valence-electron chi connectivity index (χ4n) is 4.27. The first-order chi connectivity index (χ1) is 14.2. The monoisotopic (exact) mass is 431 g/mol. The zero-order chi connectivity index (χ0) is 22.1. The van der Waals surface area contributed by atoms with E-state index in [4.69, 9.17) is 0 Å². The Labute approximate surface area is 183 Å². The third-order valence-electron chi connectivity index (χ3n) is 5.87. The van der Waals surface area contributed by atoms with Gasteiger partial charge in [0, 0.05) is 16.9 Å². The van der Waals surface area contributed by atoms with E-state index in [1.807, 2.05) is 52.0 Å². The molecule has 0 saturated carbocycles. The molecule has 0 radical (unpaired) electrons. The Bertz CT molecular complexity index is 824. The van der Waals surface area contributed by atoms with Crippen molar-refractivity contribution in [3.05, 3.63) is 35.4 Å². The molecule has 7 heteroatoms. The quantitative estimate of drug-likeness (QED) is 0.618. The smallest absolute Gasteiger partial charge is 0.256 e. The molecule has 1 fully saturated rings. The lowest BCUT2D eigenvalue weighted by molar-refractivity contribution is -0.132. The summed E-state index contributed by atoms with van der Waals surface area (Å²) < 4.78 is -0.461. The van der Waals surface area contributed by atoms with Gasteiger partial charge >= 0.3 is 0 Å². The molecular weight excluding hydrogens is 398 g/mol. The Morgan fingerprint density at radius 2 is 1.90 bits per heavy atom. The SMILES string of the molecule is CCCCCNC(=O)[C@@H](NC(=O)[C@H]1N2C(=O)c3ccccc3[C@@H]2SC1(C)C)C(C)C. The second kappa shape index (κ2) is 9.00. The highest BCUT2D eigenvalue weighted by Gasteiger charge is 2.57. The lowest BCUT2D eigenvalue weighted by Gasteiger charge is -2.32. The van der Waals surface area contributed by atoms with Crippen LogP contribution >= 0.6 is 11.8 Å². The maximum absolute atomic E-state index is 13.4. The number of amides is 3. The molecule has 30 heavy (non-hydrogen) atoms. The molecule has 0 bridgehead atoms. The standard InChI is InChI=1S/C23H33N3O3S/c1-6-7-10-13-24-19(27)17(14(2)3)25-20(28)18-23(4,5)30-22-16-12-9-8-11-15(16)21(29)26(18)22/h8-9,11-12,14,17-18,22H,6-7,10,13H2,1-5H3,(H,24,27)(H,25,28)/t17-,18+,22-/m0/s1. The van der Waals surface area contributed by atoms with Gasteiger partial charge in [0.1, 0.15) is 17.5 Å². The van der Waals surface area contributed by atoms with E-state index in [0.717, 1.165) is 24.8 Å². The molecule has 3 amide bonds. The van der Waals surface area contributed by atoms with Crippen molar-refractivity contribution in [3.63, 3.8) is 0 Å². The van der Waals surface area contributed by atoms with Crippen LogP contribution in [0.1, 0.15) is 75.2 Å². The van der Waals surface area contributed by atoms with Gasteiger partial charge in [-0.1, -0.05) is 51.8 Å². The molecule has 1 saturated heterocycles. The molecule has 2 aliphatic rings. The Hall–Kier alpha value is -2.02. The first kappa shape index (κ1) is 22.7. The first-order valence-electron chi connectivity index (χ1n) is 10.9. The molecule has 3 rings (SSSR count). The van der Waals surface area contributed by atoms with Crippen LogP contribution in [-0.2, 0) is 9.59 Å². The van der Waals surface area contributed by atoms with Crippen LogP contribution in [0.15, 0.2) is 24.3 Å². The van der Waals surface area contributed by atoms with Crippen molar-refractivity contribution in [1.82, 2.24) is 15.5 Å². The van der Waals surface area contributed by atoms with Gasteiger partial charge in [-0.15, -0.1) is 11.8 Å². The van der Waals surface area contributed by atoms with Crippen molar-refractivity contribution in [2.75, 3.05) is 6.54 Å². The van der Waals surface area contributed by atoms with Gasteiger partial charge < -0.3 is 15.5 Å². The van der Waals surface area contributed by atoms with Gasteiger partial charge in [-0.3, -0.25) is 14.4 Å². The van der Waals surface area contributed by atoms with Crippen molar-refractivity contribution in [2.24, 2.45) is 5.92 Å². The molecule has 1 aromatic carbocycles. The van der Waals surface area contributed by atoms with Crippen LogP contribution in [0.5, 0.6) is 0 Å². The van der Waals surface area contributed by atoms with Crippen molar-refractivity contribution in [3.8, 4) is 0 Å². The zero-order valence-electron chi connectivity index (χ0n) is 18.5. The Morgan fingerprint density at radius 1 is 1.20 bits per heavy atom. The molecule has 2 N–H and O–H groups in total. The number of carbonyl (C=O) groups is 3. The number of hydrogen-bond acceptors (Lipinski definition) is 4. The second-order valence-corrected chi connectivity index (χ2v) is 10.7. The molecule has 0 spiro atoms. The van der Waals surface area contributed by atoms with Crippen LogP contribution < -0.4 is 10.6 Å². The highest BCUT2D eigenvalue weighted by molar-refractivity contribution is 8.01. The summed E-state index contributed by atoms with van der Waals surface area (Å²) >= 11 is 1.63. The van der Waals surface area contributed by atoms with Crippen LogP contribution in [0.3, 0.4) is 0 Å². The number of rotatable bonds is 8. The highest BCUT2D eigenvalue weighted by atomic mass is 32.2. The molecule has 0 aromatic heterocycles. The van der Waals surface area contributed by atoms with Crippen LogP contribution in [0.2, 0.25) is 0 Å². The lowest BCUT2D eigenvalue weighted by atomic mass is 9.98. The van der Waals surface area contributed by atoms with Gasteiger partial charge in [-0.25, -0.2) is 0 Å². The van der Waals surface area contributed by atoms with Gasteiger partial charge in [0.2, 0.25) is 11.8 Å². The van der Waals surface area contributed by atoms with Crippen LogP contribution in [0, 0.1) is 5.92 Å². The average Bonchev–Trinajstić information content (AvgIpc) is 3.12. The molecule has 6 nitrogen and oxygen atoms in total. The molecule has 2 aliphatic heterocycles. The molecule has 2 heterocycles. The Morgan fingerprint density at radius 3 is 2.57 bits per heavy atom. The maximum atomic E-state index is 13.4. The molecule has 3 atom stereocenters. The summed E-state index contributed by atoms with van der Waals surface area (Å²) in [4.78, 5) is 40.9. The Balaban J connectivity index is 1.76. The van der Waals surface area contributed by atoms with Crippen molar-refractivity contribution < 1.29 is 14.4 Å². The van der Waals surface area contributed by atoms with E-state index in [1.165, 1.54) is 0 Å². The van der Waals surface area contributed by atoms with Gasteiger partial charge in [-0.2, -0.15) is 0 Å². The number of nitrogens with one attached hydrogen (secondary N) is 2. The van der Waals surface area contributed by atoms with Gasteiger partial charge in [-0.05, 0) is 37.8 Å². The number of thioether (sulfide) groups is 1. The summed E-state index contributed by atoms with van der Waals surface area (Å²) in [7, 11) is 0. The maximum Gasteiger partial charge on any atom is 0.256 e. The molecular formula is C23H33N3O3S. The summed E-state index contributed by atoms with van der Waals surface area (Å²) in [5, 5.41) is 5.74. The van der Waals surface area contributed by atoms with E-state index in [-0.39, 0.29) is 29.0 Å². The van der Waals surface area contributed by atoms with Gasteiger partial charge in [0.25, 0.3) is 5.91 Å². The second-order valence-electron chi connectivity index (χ2n) is 9.00. The number of unbranched alkanes of at least 4 members (excludes halogenated alkanes) is 2. The van der Waals surface area contributed by atoms with Crippen LogP contribution in [-0.4, -0.2) is 46.0 Å². The van der Waals surface area contributed by atoms with Gasteiger partial charge in [0.05, 0.1) is 0 Å². The van der Waals surface area contributed by atoms with Crippen molar-refractivity contribution >= 4 is 29.5 Å². The largest absolute Gasteiger partial charge is 0.354 e. The fraction of sp³-hybridized carbons (Fsp3) is 0.609.